The quantitative estimate of drug-likeness (QED) is 0.179. The van der Waals surface area contributed by atoms with Crippen molar-refractivity contribution in [1.29, 1.82) is 0 Å². The minimum Gasteiger partial charge on any atom is -0.426 e. The summed E-state index contributed by atoms with van der Waals surface area (Å²) >= 11 is 0. The molecule has 0 aliphatic heterocycles. The average Bonchev–Trinajstić information content (AvgIpc) is 2.84. The van der Waals surface area contributed by atoms with Crippen LogP contribution in [0.4, 0.5) is 0 Å². The summed E-state index contributed by atoms with van der Waals surface area (Å²) < 4.78 is 5.62. The highest BCUT2D eigenvalue weighted by molar-refractivity contribution is 5.75. The van der Waals surface area contributed by atoms with E-state index in [0.717, 1.165) is 43.1 Å². The van der Waals surface area contributed by atoms with Crippen molar-refractivity contribution in [2.75, 3.05) is 0 Å². The maximum atomic E-state index is 12.4. The van der Waals surface area contributed by atoms with Crippen molar-refractivity contribution >= 4 is 5.97 Å². The van der Waals surface area contributed by atoms with Crippen LogP contribution < -0.4 is 4.74 Å². The van der Waals surface area contributed by atoms with Gasteiger partial charge in [-0.05, 0) is 99.5 Å². The molecule has 0 amide bonds. The largest absolute Gasteiger partial charge is 0.426 e. The van der Waals surface area contributed by atoms with Crippen molar-refractivity contribution in [2.45, 2.75) is 97.3 Å². The standard InChI is InChI=1S/C30H42O2/c1-3-5-6-9-25-12-14-26(15-13-25)10-7-8-11-27-18-22-29(23-19-27)32-30(31)28-20-16-24(4-2)17-21-28/h7,10,18-19,22-26,28H,3-6,9,12-17,20-21H2,1-2H3/t24-,25-,26-,28-. The number of allylic oxidation sites excluding steroid dienone is 2. The van der Waals surface area contributed by atoms with Crippen LogP contribution in [0, 0.1) is 35.5 Å². The van der Waals surface area contributed by atoms with E-state index in [0.29, 0.717) is 11.7 Å². The highest BCUT2D eigenvalue weighted by atomic mass is 16.5. The van der Waals surface area contributed by atoms with Gasteiger partial charge in [0, 0.05) is 5.56 Å². The van der Waals surface area contributed by atoms with Gasteiger partial charge >= 0.3 is 5.97 Å². The van der Waals surface area contributed by atoms with Gasteiger partial charge in [0.1, 0.15) is 5.75 Å². The van der Waals surface area contributed by atoms with Crippen LogP contribution in [0.5, 0.6) is 5.75 Å². The van der Waals surface area contributed by atoms with Crippen LogP contribution in [0.2, 0.25) is 0 Å². The van der Waals surface area contributed by atoms with Gasteiger partial charge in [-0.15, -0.1) is 0 Å². The second-order valence-corrected chi connectivity index (χ2v) is 9.98. The number of unbranched alkanes of at least 4 members (excludes halogenated alkanes) is 2. The Morgan fingerprint density at radius 2 is 1.62 bits per heavy atom. The number of rotatable bonds is 8. The molecule has 0 bridgehead atoms. The fourth-order valence-corrected chi connectivity index (χ4v) is 5.27. The summed E-state index contributed by atoms with van der Waals surface area (Å²) in [5.74, 6) is 9.45. The van der Waals surface area contributed by atoms with Crippen molar-refractivity contribution in [3.8, 4) is 17.6 Å². The number of esters is 1. The Hall–Kier alpha value is -2.01. The van der Waals surface area contributed by atoms with Crippen LogP contribution in [0.15, 0.2) is 36.4 Å². The first-order valence-electron chi connectivity index (χ1n) is 13.2. The van der Waals surface area contributed by atoms with Gasteiger partial charge in [0.15, 0.2) is 0 Å². The lowest BCUT2D eigenvalue weighted by Crippen LogP contribution is -2.25. The predicted molar refractivity (Wildman–Crippen MR) is 133 cm³/mol. The van der Waals surface area contributed by atoms with Gasteiger partial charge in [-0.2, -0.15) is 0 Å². The number of benzene rings is 1. The van der Waals surface area contributed by atoms with Crippen LogP contribution in [0.1, 0.15) is 103 Å². The molecule has 2 fully saturated rings. The summed E-state index contributed by atoms with van der Waals surface area (Å²) in [6.45, 7) is 4.52. The lowest BCUT2D eigenvalue weighted by atomic mass is 9.79. The van der Waals surface area contributed by atoms with Crippen LogP contribution in [0.3, 0.4) is 0 Å². The minimum atomic E-state index is -0.0681. The maximum Gasteiger partial charge on any atom is 0.314 e. The number of carbonyl (C=O) groups is 1. The SMILES string of the molecule is CCCCC[C@H]1CC[C@H](C=CC#Cc2ccc(OC(=O)[C@H]3CC[C@H](CC)CC3)cc2)CC1. The molecule has 0 atom stereocenters. The van der Waals surface area contributed by atoms with E-state index in [1.54, 1.807) is 0 Å². The Morgan fingerprint density at radius 3 is 2.28 bits per heavy atom. The lowest BCUT2D eigenvalue weighted by molar-refractivity contribution is -0.140. The predicted octanol–water partition coefficient (Wildman–Crippen LogP) is 8.10. The minimum absolute atomic E-state index is 0.0637. The Kier molecular flexibility index (Phi) is 10.4. The molecule has 2 nitrogen and oxygen atoms in total. The third-order valence-electron chi connectivity index (χ3n) is 7.61. The van der Waals surface area contributed by atoms with Crippen LogP contribution in [0.25, 0.3) is 0 Å². The fourth-order valence-electron chi connectivity index (χ4n) is 5.27. The Morgan fingerprint density at radius 1 is 0.938 bits per heavy atom. The molecule has 2 heteroatoms. The van der Waals surface area contributed by atoms with Gasteiger partial charge in [-0.1, -0.05) is 63.9 Å². The molecule has 0 aromatic heterocycles. The molecule has 3 rings (SSSR count). The van der Waals surface area contributed by atoms with E-state index in [4.69, 9.17) is 4.74 Å². The average molecular weight is 435 g/mol. The zero-order chi connectivity index (χ0) is 22.6. The molecule has 174 valence electrons. The fraction of sp³-hybridized carbons (Fsp3) is 0.633. The van der Waals surface area contributed by atoms with E-state index in [2.05, 4.69) is 31.8 Å². The van der Waals surface area contributed by atoms with E-state index in [-0.39, 0.29) is 11.9 Å². The van der Waals surface area contributed by atoms with Gasteiger partial charge in [0.25, 0.3) is 0 Å². The van der Waals surface area contributed by atoms with Crippen molar-refractivity contribution in [3.63, 3.8) is 0 Å². The molecular weight excluding hydrogens is 392 g/mol. The normalized spacial score (nSPS) is 25.8. The molecule has 1 aromatic carbocycles. The molecule has 0 N–H and O–H groups in total. The molecule has 0 radical (unpaired) electrons. The number of hydrogen-bond donors (Lipinski definition) is 0. The van der Waals surface area contributed by atoms with Crippen molar-refractivity contribution in [2.24, 2.45) is 23.7 Å². The summed E-state index contributed by atoms with van der Waals surface area (Å²) in [7, 11) is 0. The van der Waals surface area contributed by atoms with Gasteiger partial charge in [-0.3, -0.25) is 4.79 Å². The van der Waals surface area contributed by atoms with Crippen LogP contribution in [-0.4, -0.2) is 5.97 Å². The Bertz CT molecular complexity index is 763. The van der Waals surface area contributed by atoms with E-state index in [9.17, 15) is 4.79 Å². The second-order valence-electron chi connectivity index (χ2n) is 9.98. The summed E-state index contributed by atoms with van der Waals surface area (Å²) in [5.41, 5.74) is 0.956. The first kappa shape index (κ1) is 24.6. The van der Waals surface area contributed by atoms with E-state index < -0.39 is 0 Å². The molecule has 0 unspecified atom stereocenters. The zero-order valence-corrected chi connectivity index (χ0v) is 20.3. The van der Waals surface area contributed by atoms with Crippen molar-refractivity contribution < 1.29 is 9.53 Å². The molecular formula is C30H42O2. The molecule has 1 aromatic rings. The second kappa shape index (κ2) is 13.5. The summed E-state index contributed by atoms with van der Waals surface area (Å²) in [6.07, 6.45) is 20.7. The lowest BCUT2D eigenvalue weighted by Gasteiger charge is -2.26. The molecule has 2 aliphatic rings. The molecule has 2 saturated carbocycles. The molecule has 32 heavy (non-hydrogen) atoms. The molecule has 0 saturated heterocycles. The third kappa shape index (κ3) is 8.16. The first-order chi connectivity index (χ1) is 15.7. The number of ether oxygens (including phenoxy) is 1. The van der Waals surface area contributed by atoms with Crippen molar-refractivity contribution in [3.05, 3.63) is 42.0 Å². The highest BCUT2D eigenvalue weighted by Gasteiger charge is 2.27. The van der Waals surface area contributed by atoms with Gasteiger partial charge in [0.2, 0.25) is 0 Å². The van der Waals surface area contributed by atoms with E-state index in [1.807, 2.05) is 30.3 Å². The van der Waals surface area contributed by atoms with Gasteiger partial charge in [-0.25, -0.2) is 0 Å². The van der Waals surface area contributed by atoms with Gasteiger partial charge in [0.05, 0.1) is 5.92 Å². The monoisotopic (exact) mass is 434 g/mol. The summed E-state index contributed by atoms with van der Waals surface area (Å²) in [5, 5.41) is 0. The van der Waals surface area contributed by atoms with Gasteiger partial charge < -0.3 is 4.74 Å². The molecule has 0 spiro atoms. The first-order valence-corrected chi connectivity index (χ1v) is 13.2. The highest BCUT2D eigenvalue weighted by Crippen LogP contribution is 2.33. The van der Waals surface area contributed by atoms with Crippen LogP contribution in [-0.2, 0) is 4.79 Å². The Labute approximate surface area is 196 Å². The smallest absolute Gasteiger partial charge is 0.314 e. The van der Waals surface area contributed by atoms with E-state index >= 15 is 0 Å². The zero-order valence-electron chi connectivity index (χ0n) is 20.3. The summed E-state index contributed by atoms with van der Waals surface area (Å²) in [4.78, 5) is 12.4. The van der Waals surface area contributed by atoms with Crippen LogP contribution >= 0.6 is 0 Å². The topological polar surface area (TPSA) is 26.3 Å². The molecule has 0 heterocycles. The number of carbonyl (C=O) groups excluding carboxylic acids is 1. The maximum absolute atomic E-state index is 12.4. The Balaban J connectivity index is 1.38. The summed E-state index contributed by atoms with van der Waals surface area (Å²) in [6, 6.07) is 7.62. The van der Waals surface area contributed by atoms with E-state index in [1.165, 1.54) is 57.8 Å². The molecule has 2 aliphatic carbocycles. The number of hydrogen-bond acceptors (Lipinski definition) is 2. The van der Waals surface area contributed by atoms with Crippen molar-refractivity contribution in [1.82, 2.24) is 0 Å². The third-order valence-corrected chi connectivity index (χ3v) is 7.61.